The van der Waals surface area contributed by atoms with Crippen molar-refractivity contribution < 1.29 is 22.1 Å². The van der Waals surface area contributed by atoms with Crippen LogP contribution in [0.3, 0.4) is 0 Å². The van der Waals surface area contributed by atoms with Gasteiger partial charge in [0.2, 0.25) is 0 Å². The number of fused-ring (bicyclic) bond motifs is 3. The first kappa shape index (κ1) is 19.8. The van der Waals surface area contributed by atoms with Crippen molar-refractivity contribution in [3.63, 3.8) is 0 Å². The molecule has 170 valence electrons. The van der Waals surface area contributed by atoms with Crippen LogP contribution in [0.1, 0.15) is 32.5 Å². The summed E-state index contributed by atoms with van der Waals surface area (Å²) in [5.74, 6) is -1.45. The Hall–Kier alpha value is -3.61. The van der Waals surface area contributed by atoms with Crippen LogP contribution in [0, 0.1) is 11.7 Å². The number of carbonyl (C=O) groups excluding carboxylic acids is 1. The molecule has 0 fully saturated rings. The summed E-state index contributed by atoms with van der Waals surface area (Å²) in [6.45, 7) is 3.66. The van der Waals surface area contributed by atoms with Crippen molar-refractivity contribution in [3.05, 3.63) is 89.9 Å². The Bertz CT molecular complexity index is 1610. The normalized spacial score (nSPS) is 12.7. The summed E-state index contributed by atoms with van der Waals surface area (Å²) in [5.41, 5.74) is 3.72. The number of aromatic nitrogens is 1. The van der Waals surface area contributed by atoms with Crippen molar-refractivity contribution in [2.75, 3.05) is 0 Å². The monoisotopic (exact) mass is 473 g/mol. The van der Waals surface area contributed by atoms with E-state index in [0.29, 0.717) is 16.6 Å². The molecule has 0 aliphatic carbocycles. The van der Waals surface area contributed by atoms with Crippen molar-refractivity contribution >= 4 is 37.5 Å². The molecule has 0 radical (unpaired) electrons. The Morgan fingerprint density at radius 3 is 2.62 bits per heavy atom. The van der Waals surface area contributed by atoms with Gasteiger partial charge >= 0.3 is 5.97 Å². The van der Waals surface area contributed by atoms with Crippen LogP contribution in [0.25, 0.3) is 42.6 Å². The molecule has 5 aromatic rings. The van der Waals surface area contributed by atoms with Crippen LogP contribution < -0.4 is 0 Å². The largest absolute Gasteiger partial charge is 0.373 e. The molecule has 0 saturated carbocycles. The van der Waals surface area contributed by atoms with E-state index < -0.39 is 12.3 Å². The fraction of sp³-hybridized carbons (Fsp3) is 0.143. The Morgan fingerprint density at radius 2 is 1.88 bits per heavy atom. The minimum atomic E-state index is -1.55. The first-order valence-corrected chi connectivity index (χ1v) is 11.6. The van der Waals surface area contributed by atoms with Crippen molar-refractivity contribution in [2.24, 2.45) is 5.92 Å². The standard InChI is InChI=1S/C28H22FNO3S/c1-16(2)14-17-12-13-30-24(15-17)21-10-11-23(28(31)33-32)25-22-5-3-4-20(26(22)34-27(21)25)18-6-8-19(29)9-7-18/h3-13,15-16,32H,14H2,1-2H3/i14D2. The van der Waals surface area contributed by atoms with Crippen molar-refractivity contribution in [1.82, 2.24) is 4.98 Å². The molecule has 34 heavy (non-hydrogen) atoms. The number of thiophene rings is 1. The van der Waals surface area contributed by atoms with Gasteiger partial charge in [0, 0.05) is 34.7 Å². The number of benzene rings is 3. The van der Waals surface area contributed by atoms with Gasteiger partial charge in [-0.25, -0.2) is 9.18 Å². The highest BCUT2D eigenvalue weighted by molar-refractivity contribution is 7.27. The highest BCUT2D eigenvalue weighted by Gasteiger charge is 2.21. The van der Waals surface area contributed by atoms with Gasteiger partial charge in [-0.05, 0) is 59.3 Å². The number of pyridine rings is 1. The Balaban J connectivity index is 1.82. The zero-order valence-electron chi connectivity index (χ0n) is 20.5. The molecule has 0 aliphatic heterocycles. The van der Waals surface area contributed by atoms with E-state index in [1.54, 1.807) is 42.6 Å². The van der Waals surface area contributed by atoms with Crippen LogP contribution in [0.5, 0.6) is 0 Å². The maximum atomic E-state index is 13.6. The molecule has 4 nitrogen and oxygen atoms in total. The lowest BCUT2D eigenvalue weighted by molar-refractivity contribution is -0.182. The molecule has 2 heterocycles. The molecule has 5 rings (SSSR count). The van der Waals surface area contributed by atoms with E-state index in [2.05, 4.69) is 9.87 Å². The minimum absolute atomic E-state index is 0.201. The summed E-state index contributed by atoms with van der Waals surface area (Å²) >= 11 is 1.45. The lowest BCUT2D eigenvalue weighted by Gasteiger charge is -2.09. The van der Waals surface area contributed by atoms with Gasteiger partial charge in [-0.3, -0.25) is 9.87 Å². The molecule has 3 aromatic carbocycles. The van der Waals surface area contributed by atoms with E-state index in [1.165, 1.54) is 23.5 Å². The summed E-state index contributed by atoms with van der Waals surface area (Å²) in [7, 11) is 0. The molecule has 0 aliphatic rings. The fourth-order valence-electron chi connectivity index (χ4n) is 4.18. The molecule has 0 amide bonds. The SMILES string of the molecule is [2H]C([2H])(c1ccnc(-c2ccc(C(=O)OO)c3c2sc2c(-c4ccc(F)cc4)cccc23)c1)C(C)C. The lowest BCUT2D eigenvalue weighted by atomic mass is 9.97. The summed E-state index contributed by atoms with van der Waals surface area (Å²) in [6, 6.07) is 18.6. The smallest absolute Gasteiger partial charge is 0.295 e. The fourth-order valence-corrected chi connectivity index (χ4v) is 5.57. The van der Waals surface area contributed by atoms with Gasteiger partial charge in [0.25, 0.3) is 0 Å². The summed E-state index contributed by atoms with van der Waals surface area (Å²) in [6.07, 6.45) is 0.0389. The second kappa shape index (κ2) is 8.97. The number of hydrogen-bond acceptors (Lipinski definition) is 5. The predicted molar refractivity (Wildman–Crippen MR) is 135 cm³/mol. The van der Waals surface area contributed by atoms with E-state index in [1.807, 2.05) is 32.0 Å². The van der Waals surface area contributed by atoms with Gasteiger partial charge in [0.1, 0.15) is 5.82 Å². The third-order valence-electron chi connectivity index (χ3n) is 5.60. The van der Waals surface area contributed by atoms with Crippen LogP contribution in [-0.4, -0.2) is 16.2 Å². The quantitative estimate of drug-likeness (QED) is 0.209. The van der Waals surface area contributed by atoms with Gasteiger partial charge in [-0.15, -0.1) is 11.3 Å². The molecular formula is C28H22FNO3S. The maximum absolute atomic E-state index is 13.6. The van der Waals surface area contributed by atoms with Gasteiger partial charge < -0.3 is 0 Å². The second-order valence-electron chi connectivity index (χ2n) is 8.26. The number of carbonyl (C=O) groups is 1. The van der Waals surface area contributed by atoms with Crippen LogP contribution in [0.15, 0.2) is 72.9 Å². The van der Waals surface area contributed by atoms with Crippen LogP contribution in [-0.2, 0) is 11.3 Å². The highest BCUT2D eigenvalue weighted by Crippen LogP contribution is 2.45. The van der Waals surface area contributed by atoms with Crippen LogP contribution >= 0.6 is 11.3 Å². The molecule has 6 heteroatoms. The minimum Gasteiger partial charge on any atom is -0.295 e. The molecular weight excluding hydrogens is 449 g/mol. The predicted octanol–water partition coefficient (Wildman–Crippen LogP) is 7.75. The van der Waals surface area contributed by atoms with Crippen LogP contribution in [0.2, 0.25) is 0 Å². The summed E-state index contributed by atoms with van der Waals surface area (Å²) in [4.78, 5) is 21.1. The Morgan fingerprint density at radius 1 is 1.09 bits per heavy atom. The molecule has 1 N–H and O–H groups in total. The van der Waals surface area contributed by atoms with Crippen molar-refractivity contribution in [3.8, 4) is 22.4 Å². The first-order valence-electron chi connectivity index (χ1n) is 11.8. The van der Waals surface area contributed by atoms with E-state index in [-0.39, 0.29) is 17.3 Å². The van der Waals surface area contributed by atoms with E-state index in [9.17, 15) is 9.18 Å². The Labute approximate surface area is 203 Å². The average molecular weight is 474 g/mol. The zero-order valence-corrected chi connectivity index (χ0v) is 19.3. The molecule has 0 saturated heterocycles. The van der Waals surface area contributed by atoms with Crippen LogP contribution in [0.4, 0.5) is 4.39 Å². The third kappa shape index (κ3) is 3.95. The van der Waals surface area contributed by atoms with Gasteiger partial charge in [0.15, 0.2) is 0 Å². The first-order chi connectivity index (χ1) is 17.2. The van der Waals surface area contributed by atoms with Crippen molar-refractivity contribution in [2.45, 2.75) is 20.2 Å². The summed E-state index contributed by atoms with van der Waals surface area (Å²) in [5, 5.41) is 10.5. The highest BCUT2D eigenvalue weighted by atomic mass is 32.1. The average Bonchev–Trinajstić information content (AvgIpc) is 3.28. The number of nitrogens with zero attached hydrogens (tertiary/aromatic N) is 1. The van der Waals surface area contributed by atoms with Gasteiger partial charge in [-0.1, -0.05) is 50.2 Å². The van der Waals surface area contributed by atoms with E-state index >= 15 is 0 Å². The molecule has 0 bridgehead atoms. The molecule has 0 spiro atoms. The number of halogens is 1. The molecule has 2 aromatic heterocycles. The third-order valence-corrected chi connectivity index (χ3v) is 6.87. The lowest BCUT2D eigenvalue weighted by Crippen LogP contribution is -2.02. The molecule has 0 unspecified atom stereocenters. The maximum Gasteiger partial charge on any atom is 0.373 e. The van der Waals surface area contributed by atoms with Gasteiger partial charge in [-0.2, -0.15) is 5.26 Å². The number of rotatable bonds is 5. The van der Waals surface area contributed by atoms with Gasteiger partial charge in [0.05, 0.1) is 11.3 Å². The topological polar surface area (TPSA) is 59.4 Å². The van der Waals surface area contributed by atoms with E-state index in [4.69, 9.17) is 8.00 Å². The Kier molecular flexibility index (Phi) is 5.23. The zero-order chi connectivity index (χ0) is 25.6. The van der Waals surface area contributed by atoms with Crippen molar-refractivity contribution in [1.29, 1.82) is 0 Å². The summed E-state index contributed by atoms with van der Waals surface area (Å²) < 4.78 is 32.2. The molecule has 0 atom stereocenters. The number of hydrogen-bond donors (Lipinski definition) is 1. The van der Waals surface area contributed by atoms with E-state index in [0.717, 1.165) is 31.5 Å². The second-order valence-corrected chi connectivity index (χ2v) is 9.28.